The highest BCUT2D eigenvalue weighted by atomic mass is 16.5. The van der Waals surface area contributed by atoms with Crippen molar-refractivity contribution in [2.45, 2.75) is 58.0 Å². The molecule has 0 aromatic heterocycles. The summed E-state index contributed by atoms with van der Waals surface area (Å²) in [5.74, 6) is 1.75. The van der Waals surface area contributed by atoms with Gasteiger partial charge in [-0.1, -0.05) is 43.2 Å². The molecular formula is C19H24O. The molecule has 0 aliphatic heterocycles. The molecule has 106 valence electrons. The number of benzene rings is 2. The Bertz CT molecular complexity index is 601. The van der Waals surface area contributed by atoms with Crippen LogP contribution in [0.4, 0.5) is 0 Å². The largest absolute Gasteiger partial charge is 0.488 e. The Morgan fingerprint density at radius 3 is 2.20 bits per heavy atom. The number of ether oxygens (including phenoxy) is 1. The van der Waals surface area contributed by atoms with Gasteiger partial charge in [-0.05, 0) is 56.5 Å². The third-order valence-corrected chi connectivity index (χ3v) is 4.13. The summed E-state index contributed by atoms with van der Waals surface area (Å²) in [4.78, 5) is 0. The molecule has 0 saturated heterocycles. The molecule has 0 heterocycles. The van der Waals surface area contributed by atoms with Crippen LogP contribution in [0, 0.1) is 0 Å². The van der Waals surface area contributed by atoms with Gasteiger partial charge in [0.25, 0.3) is 0 Å². The molecule has 1 heteroatoms. The average Bonchev–Trinajstić information content (AvgIpc) is 2.91. The Morgan fingerprint density at radius 2 is 1.55 bits per heavy atom. The van der Waals surface area contributed by atoms with Crippen molar-refractivity contribution in [1.29, 1.82) is 0 Å². The lowest BCUT2D eigenvalue weighted by Crippen LogP contribution is -2.23. The van der Waals surface area contributed by atoms with Gasteiger partial charge in [0.15, 0.2) is 0 Å². The van der Waals surface area contributed by atoms with Gasteiger partial charge in [-0.25, -0.2) is 0 Å². The van der Waals surface area contributed by atoms with Gasteiger partial charge in [-0.15, -0.1) is 0 Å². The van der Waals surface area contributed by atoms with Gasteiger partial charge in [0, 0.05) is 5.39 Å². The fourth-order valence-electron chi connectivity index (χ4n) is 3.31. The highest BCUT2D eigenvalue weighted by Crippen LogP contribution is 2.40. The second-order valence-electron chi connectivity index (χ2n) is 6.89. The van der Waals surface area contributed by atoms with Crippen molar-refractivity contribution in [2.75, 3.05) is 0 Å². The van der Waals surface area contributed by atoms with Gasteiger partial charge >= 0.3 is 0 Å². The molecule has 2 aromatic rings. The number of rotatable bonds is 2. The SMILES string of the molecule is CC(C)(C)Oc1ccc(C2CCCC2)c2ccccc12. The van der Waals surface area contributed by atoms with E-state index < -0.39 is 0 Å². The summed E-state index contributed by atoms with van der Waals surface area (Å²) in [6, 6.07) is 13.1. The molecule has 1 nitrogen and oxygen atoms in total. The molecule has 1 aliphatic carbocycles. The Labute approximate surface area is 122 Å². The molecule has 0 bridgehead atoms. The van der Waals surface area contributed by atoms with Crippen molar-refractivity contribution in [2.24, 2.45) is 0 Å². The van der Waals surface area contributed by atoms with Gasteiger partial charge < -0.3 is 4.74 Å². The molecule has 3 rings (SSSR count). The van der Waals surface area contributed by atoms with E-state index in [-0.39, 0.29) is 5.60 Å². The van der Waals surface area contributed by atoms with Crippen LogP contribution in [0.5, 0.6) is 5.75 Å². The summed E-state index contributed by atoms with van der Waals surface area (Å²) in [5, 5.41) is 2.63. The van der Waals surface area contributed by atoms with Crippen molar-refractivity contribution in [3.63, 3.8) is 0 Å². The molecule has 2 aromatic carbocycles. The monoisotopic (exact) mass is 268 g/mol. The Hall–Kier alpha value is -1.50. The highest BCUT2D eigenvalue weighted by molar-refractivity contribution is 5.91. The first-order valence-electron chi connectivity index (χ1n) is 7.75. The Balaban J connectivity index is 2.09. The minimum atomic E-state index is -0.155. The van der Waals surface area contributed by atoms with Crippen LogP contribution in [0.25, 0.3) is 10.8 Å². The van der Waals surface area contributed by atoms with Crippen LogP contribution in [0.3, 0.4) is 0 Å². The smallest absolute Gasteiger partial charge is 0.127 e. The van der Waals surface area contributed by atoms with E-state index in [2.05, 4.69) is 57.2 Å². The molecular weight excluding hydrogens is 244 g/mol. The van der Waals surface area contributed by atoms with Crippen LogP contribution in [-0.4, -0.2) is 5.60 Å². The summed E-state index contributed by atoms with van der Waals surface area (Å²) < 4.78 is 6.13. The summed E-state index contributed by atoms with van der Waals surface area (Å²) in [5.41, 5.74) is 1.36. The van der Waals surface area contributed by atoms with Crippen molar-refractivity contribution in [3.8, 4) is 5.75 Å². The first kappa shape index (κ1) is 13.5. The highest BCUT2D eigenvalue weighted by Gasteiger charge is 2.21. The zero-order valence-corrected chi connectivity index (χ0v) is 12.8. The van der Waals surface area contributed by atoms with E-state index in [0.717, 1.165) is 11.7 Å². The van der Waals surface area contributed by atoms with E-state index >= 15 is 0 Å². The second kappa shape index (κ2) is 5.12. The standard InChI is InChI=1S/C19H24O/c1-19(2,3)20-18-13-12-15(14-8-4-5-9-14)16-10-6-7-11-17(16)18/h6-7,10-14H,4-5,8-9H2,1-3H3. The minimum absolute atomic E-state index is 0.155. The average molecular weight is 268 g/mol. The van der Waals surface area contributed by atoms with E-state index in [9.17, 15) is 0 Å². The first-order chi connectivity index (χ1) is 9.54. The van der Waals surface area contributed by atoms with E-state index in [4.69, 9.17) is 4.74 Å². The van der Waals surface area contributed by atoms with Gasteiger partial charge in [-0.3, -0.25) is 0 Å². The maximum absolute atomic E-state index is 6.13. The summed E-state index contributed by atoms with van der Waals surface area (Å²) >= 11 is 0. The molecule has 1 aliphatic rings. The van der Waals surface area contributed by atoms with Crippen molar-refractivity contribution < 1.29 is 4.74 Å². The number of fused-ring (bicyclic) bond motifs is 1. The molecule has 0 atom stereocenters. The molecule has 0 spiro atoms. The zero-order valence-electron chi connectivity index (χ0n) is 12.8. The lowest BCUT2D eigenvalue weighted by atomic mass is 9.92. The Kier molecular flexibility index (Phi) is 3.45. The molecule has 1 saturated carbocycles. The second-order valence-corrected chi connectivity index (χ2v) is 6.89. The molecule has 20 heavy (non-hydrogen) atoms. The van der Waals surface area contributed by atoms with Gasteiger partial charge in [-0.2, -0.15) is 0 Å². The minimum Gasteiger partial charge on any atom is -0.488 e. The quantitative estimate of drug-likeness (QED) is 0.681. The summed E-state index contributed by atoms with van der Waals surface area (Å²) in [6.07, 6.45) is 5.42. The number of hydrogen-bond donors (Lipinski definition) is 0. The van der Waals surface area contributed by atoms with E-state index in [0.29, 0.717) is 0 Å². The van der Waals surface area contributed by atoms with Crippen LogP contribution in [0.15, 0.2) is 36.4 Å². The first-order valence-corrected chi connectivity index (χ1v) is 7.75. The van der Waals surface area contributed by atoms with Crippen molar-refractivity contribution >= 4 is 10.8 Å². The van der Waals surface area contributed by atoms with Crippen LogP contribution >= 0.6 is 0 Å². The maximum Gasteiger partial charge on any atom is 0.127 e. The maximum atomic E-state index is 6.13. The van der Waals surface area contributed by atoms with E-state index in [1.807, 2.05) is 0 Å². The Morgan fingerprint density at radius 1 is 0.900 bits per heavy atom. The summed E-state index contributed by atoms with van der Waals surface area (Å²) in [7, 11) is 0. The van der Waals surface area contributed by atoms with E-state index in [1.165, 1.54) is 42.0 Å². The van der Waals surface area contributed by atoms with Crippen molar-refractivity contribution in [1.82, 2.24) is 0 Å². The van der Waals surface area contributed by atoms with Gasteiger partial charge in [0.05, 0.1) is 0 Å². The van der Waals surface area contributed by atoms with Crippen LogP contribution < -0.4 is 4.74 Å². The fourth-order valence-corrected chi connectivity index (χ4v) is 3.31. The third kappa shape index (κ3) is 2.67. The summed E-state index contributed by atoms with van der Waals surface area (Å²) in [6.45, 7) is 6.31. The predicted octanol–water partition coefficient (Wildman–Crippen LogP) is 5.67. The number of hydrogen-bond acceptors (Lipinski definition) is 1. The van der Waals surface area contributed by atoms with Crippen LogP contribution in [-0.2, 0) is 0 Å². The van der Waals surface area contributed by atoms with Crippen molar-refractivity contribution in [3.05, 3.63) is 42.0 Å². The molecule has 0 amide bonds. The third-order valence-electron chi connectivity index (χ3n) is 4.13. The van der Waals surface area contributed by atoms with Crippen LogP contribution in [0.2, 0.25) is 0 Å². The van der Waals surface area contributed by atoms with E-state index in [1.54, 1.807) is 0 Å². The topological polar surface area (TPSA) is 9.23 Å². The predicted molar refractivity (Wildman–Crippen MR) is 85.5 cm³/mol. The van der Waals surface area contributed by atoms with Crippen LogP contribution in [0.1, 0.15) is 57.9 Å². The zero-order chi connectivity index (χ0) is 14.2. The van der Waals surface area contributed by atoms with Gasteiger partial charge in [0.1, 0.15) is 11.4 Å². The molecule has 0 N–H and O–H groups in total. The fraction of sp³-hybridized carbons (Fsp3) is 0.474. The normalized spacial score (nSPS) is 16.8. The molecule has 0 unspecified atom stereocenters. The lowest BCUT2D eigenvalue weighted by molar-refractivity contribution is 0.133. The molecule has 0 radical (unpaired) electrons. The molecule has 1 fully saturated rings. The van der Waals surface area contributed by atoms with Gasteiger partial charge in [0.2, 0.25) is 0 Å². The lowest BCUT2D eigenvalue weighted by Gasteiger charge is -2.24.